The Bertz CT molecular complexity index is 5080. The van der Waals surface area contributed by atoms with E-state index in [1.54, 1.807) is 28.4 Å². The van der Waals surface area contributed by atoms with Crippen molar-refractivity contribution < 1.29 is 101 Å². The predicted octanol–water partition coefficient (Wildman–Crippen LogP) is 11.5. The van der Waals surface area contributed by atoms with Crippen molar-refractivity contribution >= 4 is 47.4 Å². The van der Waals surface area contributed by atoms with Crippen molar-refractivity contribution in [2.24, 2.45) is 0 Å². The smallest absolute Gasteiger partial charge is 0.331 e. The van der Waals surface area contributed by atoms with E-state index in [0.29, 0.717) is 160 Å². The van der Waals surface area contributed by atoms with Crippen LogP contribution in [0.25, 0.3) is 0 Å². The topological polar surface area (TPSA) is 319 Å². The summed E-state index contributed by atoms with van der Waals surface area (Å²) in [6.45, 7) is 16.0. The molecular weight excluding hydrogens is 1560 g/mol. The van der Waals surface area contributed by atoms with Crippen molar-refractivity contribution in [1.29, 1.82) is 5.26 Å². The predicted molar refractivity (Wildman–Crippen MR) is 441 cm³/mol. The van der Waals surface area contributed by atoms with Gasteiger partial charge in [0.05, 0.1) is 88.4 Å². The van der Waals surface area contributed by atoms with Gasteiger partial charge >= 0.3 is 23.9 Å². The van der Waals surface area contributed by atoms with Gasteiger partial charge in [-0.15, -0.1) is 23.5 Å². The number of carbonyl (C=O) groups is 4. The number of hydrogen-bond donors (Lipinski definition) is 5. The highest BCUT2D eigenvalue weighted by Gasteiger charge is 2.65. The maximum absolute atomic E-state index is 15.0. The Morgan fingerprint density at radius 3 is 1.38 bits per heavy atom. The number of thioether (sulfide) groups is 2. The van der Waals surface area contributed by atoms with Gasteiger partial charge in [0.2, 0.25) is 13.6 Å². The zero-order chi connectivity index (χ0) is 80.9. The van der Waals surface area contributed by atoms with E-state index in [-0.39, 0.29) is 84.2 Å². The van der Waals surface area contributed by atoms with Crippen molar-refractivity contribution in [3.05, 3.63) is 125 Å². The number of aliphatic hydroxyl groups is 1. The largest absolute Gasteiger partial charge is 0.504 e. The van der Waals surface area contributed by atoms with Gasteiger partial charge in [-0.3, -0.25) is 39.8 Å². The number of likely N-dealkylation sites (N-methyl/N-ethyl adjacent to an activating group) is 2. The molecule has 118 heavy (non-hydrogen) atoms. The standard InChI is InChI=1S/C43H48N4O10S.C42H49N3O11S.3CH4/c1-8-11-53-30-14-23-9-10-45-43(25(23)15-29(30)51-6)18-58-41-33-32(40-39(55-19-56-40)21(3)38(33)57-22(4)48)28(17-54-42(43)50)47-27(16-44)26-13-24-12-20(2)37(52-7)36(49)31(24)34(35(41)47)46(26)5;1-8-11-52-28-14-22-9-10-43-42(24(22)15-27(28)50-6)17-57-39-31-30(38-37(54-18-55-38)20(3)36(31)56-21(4)46)26(16-53-41(42)49)45-33(39)32-29-23(13-25(40(45)48)44(32)5)12-19(2)35(51-7)34(29)47;;;/h12,14-15,26-28,34-35,41,45,49H,8-11,13,17-19H2,1-7H3;12,14-15,25-26,32-33,39-40,43,47-48H,8-11,13,16-18H2,1-7H3;3*1H4/t26-,27-,28-,34+,35?,41+,43+;25-,26-,32+,33?,39+,40-,42+;;;/m00.../s1. The molecule has 28 nitrogen and oxygen atoms in total. The van der Waals surface area contributed by atoms with Gasteiger partial charge in [0.15, 0.2) is 80.1 Å². The second kappa shape index (κ2) is 32.7. The molecule has 14 aliphatic rings. The van der Waals surface area contributed by atoms with Crippen LogP contribution in [0.2, 0.25) is 0 Å². The van der Waals surface area contributed by atoms with Crippen LogP contribution in [0, 0.1) is 39.0 Å². The summed E-state index contributed by atoms with van der Waals surface area (Å²) >= 11 is 3.04. The number of nitrogens with one attached hydrogen (secondary N) is 2. The van der Waals surface area contributed by atoms with Gasteiger partial charge in [-0.2, -0.15) is 5.26 Å². The van der Waals surface area contributed by atoms with Crippen molar-refractivity contribution in [3.63, 3.8) is 0 Å². The summed E-state index contributed by atoms with van der Waals surface area (Å²) in [5.74, 6) is 4.17. The minimum atomic E-state index is -1.31. The lowest BCUT2D eigenvalue weighted by atomic mass is 9.71. The average molecular weight is 1670 g/mol. The molecule has 2 spiro atoms. The molecule has 4 fully saturated rings. The number of methoxy groups -OCH3 is 4. The Balaban J connectivity index is 0.000000189. The molecule has 0 saturated carbocycles. The lowest BCUT2D eigenvalue weighted by Crippen LogP contribution is -2.70. The van der Waals surface area contributed by atoms with Crippen LogP contribution in [-0.4, -0.2) is 202 Å². The van der Waals surface area contributed by atoms with Crippen LogP contribution in [-0.2, 0) is 65.4 Å². The van der Waals surface area contributed by atoms with Crippen molar-refractivity contribution in [2.75, 3.05) is 107 Å². The first-order valence-corrected chi connectivity index (χ1v) is 41.4. The maximum atomic E-state index is 15.0. The fraction of sp³-hybridized carbons (Fsp3) is 0.534. The van der Waals surface area contributed by atoms with Gasteiger partial charge in [0, 0.05) is 101 Å². The lowest BCUT2D eigenvalue weighted by Gasteiger charge is -2.62. The third kappa shape index (κ3) is 12.8. The Morgan fingerprint density at radius 1 is 0.551 bits per heavy atom. The number of benzene rings is 6. The van der Waals surface area contributed by atoms with Gasteiger partial charge in [-0.1, -0.05) is 48.3 Å². The Kier molecular flexibility index (Phi) is 23.6. The number of phenolic OH excluding ortho intramolecular Hbond substituents is 2. The highest BCUT2D eigenvalue weighted by Crippen LogP contribution is 2.68. The molecule has 6 aromatic carbocycles. The molecule has 5 N–H and O–H groups in total. The maximum Gasteiger partial charge on any atom is 0.331 e. The summed E-state index contributed by atoms with van der Waals surface area (Å²) in [6.07, 6.45) is 2.89. The Hall–Kier alpha value is -9.29. The van der Waals surface area contributed by atoms with E-state index < -0.39 is 94.0 Å². The third-order valence-electron chi connectivity index (χ3n) is 25.6. The number of aromatic hydroxyl groups is 2. The van der Waals surface area contributed by atoms with Crippen molar-refractivity contribution in [1.82, 2.24) is 30.2 Å². The Labute approximate surface area is 697 Å². The van der Waals surface area contributed by atoms with Gasteiger partial charge in [0.1, 0.15) is 37.0 Å². The number of aliphatic hydroxyl groups excluding tert-OH is 1. The van der Waals surface area contributed by atoms with Crippen LogP contribution in [0.5, 0.6) is 80.5 Å². The number of aryl methyl sites for hydroxylation is 2. The second-order valence-corrected chi connectivity index (χ2v) is 33.9. The molecule has 0 radical (unpaired) electrons. The lowest BCUT2D eigenvalue weighted by molar-refractivity contribution is -0.186. The highest BCUT2D eigenvalue weighted by atomic mass is 32.2. The van der Waals surface area contributed by atoms with E-state index in [1.807, 2.05) is 90.9 Å². The number of esters is 4. The van der Waals surface area contributed by atoms with Gasteiger partial charge in [0.25, 0.3) is 0 Å². The van der Waals surface area contributed by atoms with E-state index in [9.17, 15) is 39.8 Å². The van der Waals surface area contributed by atoms with Crippen LogP contribution >= 0.6 is 23.5 Å². The fourth-order valence-electron chi connectivity index (χ4n) is 20.8. The van der Waals surface area contributed by atoms with E-state index in [2.05, 4.69) is 37.5 Å². The van der Waals surface area contributed by atoms with Crippen LogP contribution < -0.4 is 67.5 Å². The number of rotatable bonds is 12. The molecule has 14 atom stereocenters. The molecule has 14 aliphatic heterocycles. The van der Waals surface area contributed by atoms with Gasteiger partial charge < -0.3 is 81.6 Å². The normalized spacial score (nSPS) is 27.5. The number of nitrogens with zero attached hydrogens (tertiary/aromatic N) is 5. The first kappa shape index (κ1) is 85.1. The molecule has 2 unspecified atom stereocenters. The molecule has 14 heterocycles. The number of carbonyl (C=O) groups excluding carboxylic acids is 4. The molecule has 634 valence electrons. The zero-order valence-corrected chi connectivity index (χ0v) is 68.6. The second-order valence-electron chi connectivity index (χ2n) is 31.7. The summed E-state index contributed by atoms with van der Waals surface area (Å²) in [7, 11) is 10.3. The van der Waals surface area contributed by atoms with Gasteiger partial charge in [-0.05, 0) is 149 Å². The van der Waals surface area contributed by atoms with Crippen LogP contribution in [0.15, 0.2) is 36.4 Å². The summed E-state index contributed by atoms with van der Waals surface area (Å²) in [6, 6.07) is 9.65. The first-order valence-electron chi connectivity index (χ1n) is 39.3. The molecule has 0 aliphatic carbocycles. The molecule has 30 heteroatoms. The minimum Gasteiger partial charge on any atom is -0.504 e. The van der Waals surface area contributed by atoms with E-state index >= 15 is 0 Å². The van der Waals surface area contributed by atoms with Crippen LogP contribution in [0.4, 0.5) is 0 Å². The van der Waals surface area contributed by atoms with Gasteiger partial charge in [-0.25, -0.2) is 9.59 Å². The monoisotopic (exact) mass is 1660 g/mol. The summed E-state index contributed by atoms with van der Waals surface area (Å²) in [5.41, 5.74) is 9.62. The Morgan fingerprint density at radius 2 is 0.966 bits per heavy atom. The van der Waals surface area contributed by atoms with Crippen molar-refractivity contribution in [3.8, 4) is 86.6 Å². The quantitative estimate of drug-likeness (QED) is 0.0561. The van der Waals surface area contributed by atoms with Crippen LogP contribution in [0.1, 0.15) is 186 Å². The third-order valence-corrected chi connectivity index (χ3v) is 28.5. The number of phenols is 2. The number of piperazine rings is 2. The number of ether oxygens (including phenoxy) is 14. The highest BCUT2D eigenvalue weighted by molar-refractivity contribution is 7.99. The molecule has 4 saturated heterocycles. The summed E-state index contributed by atoms with van der Waals surface area (Å²) in [5, 5.41) is 54.1. The molecule has 8 bridgehead atoms. The fourth-order valence-corrected chi connectivity index (χ4v) is 24.2. The number of fused-ring (bicyclic) bond motifs is 18. The van der Waals surface area contributed by atoms with E-state index in [4.69, 9.17) is 66.3 Å². The first-order chi connectivity index (χ1) is 55.4. The summed E-state index contributed by atoms with van der Waals surface area (Å²) < 4.78 is 85.3. The summed E-state index contributed by atoms with van der Waals surface area (Å²) in [4.78, 5) is 64.4. The number of hydrogen-bond acceptors (Lipinski definition) is 30. The molecule has 0 amide bonds. The van der Waals surface area contributed by atoms with Crippen LogP contribution in [0.3, 0.4) is 0 Å². The SMILES string of the molecule is C.C.C.CCCOc1cc2c(cc1OC)[C@@]1(CS[C@@H]3c4c(OC(C)=O)c(C)c5c(c4[C@H](COC1=O)N1C3[C@H]3c4c(cc(C)c(OC)c4O)C[C@@H]([C@@H]1C#N)N3C)OCO5)NCC2.CCCOc1cc2c(cc1OC)[C@@]1(CS[C@@H]3c4c(OC(C)=O)c(C)c5c(c4[C@H](COC1=O)N1C3[C@H]3c4c(cc(C)c(OC)c4O)C[C@@H]([C@@H]1O)N3C)OCO5)NCC2. The molecule has 20 rings (SSSR count). The molecule has 0 aromatic heterocycles. The van der Waals surface area contributed by atoms with E-state index in [1.165, 1.54) is 37.4 Å². The molecule has 6 aromatic rings. The number of nitriles is 1. The average Bonchev–Trinajstić information content (AvgIpc) is 0.910. The molecular formula is C88H109N7O21S2. The minimum absolute atomic E-state index is 0. The zero-order valence-electron chi connectivity index (χ0n) is 66.9. The van der Waals surface area contributed by atoms with Crippen molar-refractivity contribution in [2.45, 2.75) is 198 Å². The van der Waals surface area contributed by atoms with E-state index in [0.717, 1.165) is 62.9 Å².